The molecule has 110 valence electrons. The number of rotatable bonds is 3. The van der Waals surface area contributed by atoms with E-state index < -0.39 is 24.5 Å². The van der Waals surface area contributed by atoms with Gasteiger partial charge < -0.3 is 25.4 Å². The van der Waals surface area contributed by atoms with Crippen molar-refractivity contribution >= 4 is 17.0 Å². The second-order valence-corrected chi connectivity index (χ2v) is 4.56. The zero-order valence-electron chi connectivity index (χ0n) is 10.8. The molecule has 4 atom stereocenters. The zero-order valence-corrected chi connectivity index (χ0v) is 10.8. The molecule has 21 heavy (non-hydrogen) atoms. The summed E-state index contributed by atoms with van der Waals surface area (Å²) in [7, 11) is 0. The van der Waals surface area contributed by atoms with E-state index in [4.69, 9.17) is 21.6 Å². The number of anilines is 1. The van der Waals surface area contributed by atoms with Gasteiger partial charge in [-0.25, -0.2) is 15.0 Å². The summed E-state index contributed by atoms with van der Waals surface area (Å²) in [6, 6.07) is 0. The third-order valence-corrected chi connectivity index (χ3v) is 3.33. The summed E-state index contributed by atoms with van der Waals surface area (Å²) < 4.78 is 11.8. The second-order valence-electron chi connectivity index (χ2n) is 4.56. The molecule has 1 aliphatic heterocycles. The molecule has 0 bridgehead atoms. The normalized spacial score (nSPS) is 28.6. The lowest BCUT2D eigenvalue weighted by atomic mass is 10.1. The van der Waals surface area contributed by atoms with E-state index in [1.165, 1.54) is 17.2 Å². The van der Waals surface area contributed by atoms with Gasteiger partial charge in [0.05, 0.1) is 6.33 Å². The van der Waals surface area contributed by atoms with Crippen molar-refractivity contribution < 1.29 is 19.7 Å². The summed E-state index contributed by atoms with van der Waals surface area (Å²) in [5.74, 6) is 0.221. The van der Waals surface area contributed by atoms with Crippen molar-refractivity contribution in [3.63, 3.8) is 0 Å². The Morgan fingerprint density at radius 3 is 2.95 bits per heavy atom. The molecule has 1 fully saturated rings. The summed E-state index contributed by atoms with van der Waals surface area (Å²) in [5.41, 5.74) is 6.50. The maximum atomic E-state index is 10.1. The zero-order chi connectivity index (χ0) is 15.0. The van der Waals surface area contributed by atoms with Crippen LogP contribution >= 0.6 is 0 Å². The number of nitrogens with zero attached hydrogens (tertiary/aromatic N) is 4. The van der Waals surface area contributed by atoms with Crippen LogP contribution in [0.15, 0.2) is 12.7 Å². The summed E-state index contributed by atoms with van der Waals surface area (Å²) in [4.78, 5) is 12.0. The van der Waals surface area contributed by atoms with Crippen LogP contribution in [-0.4, -0.2) is 54.7 Å². The van der Waals surface area contributed by atoms with Crippen LogP contribution in [0.3, 0.4) is 0 Å². The van der Waals surface area contributed by atoms with E-state index in [9.17, 15) is 10.2 Å². The van der Waals surface area contributed by atoms with Gasteiger partial charge in [-0.15, -0.1) is 0 Å². The first-order valence-electron chi connectivity index (χ1n) is 6.15. The number of nitrogens with two attached hydrogens (primary N) is 1. The predicted octanol–water partition coefficient (Wildman–Crippen LogP) is -1.36. The minimum atomic E-state index is -1.18. The van der Waals surface area contributed by atoms with Crippen molar-refractivity contribution in [3.8, 4) is 12.5 Å². The number of nitrogen functional groups attached to an aromatic ring is 1. The molecule has 0 amide bonds. The lowest BCUT2D eigenvalue weighted by Gasteiger charge is -2.16. The van der Waals surface area contributed by atoms with E-state index in [0.29, 0.717) is 11.2 Å². The third-order valence-electron chi connectivity index (χ3n) is 3.33. The fourth-order valence-corrected chi connectivity index (χ4v) is 2.28. The summed E-state index contributed by atoms with van der Waals surface area (Å²) in [6.45, 7) is -0.0328. The van der Waals surface area contributed by atoms with E-state index in [2.05, 4.69) is 15.0 Å². The van der Waals surface area contributed by atoms with Crippen LogP contribution in [0, 0.1) is 12.5 Å². The molecule has 2 aromatic heterocycles. The summed E-state index contributed by atoms with van der Waals surface area (Å²) in [5, 5.41) is 20.1. The predicted molar refractivity (Wildman–Crippen MR) is 70.4 cm³/mol. The Balaban J connectivity index is 1.92. The first-order valence-corrected chi connectivity index (χ1v) is 6.15. The average molecular weight is 291 g/mol. The number of ether oxygens (including phenoxy) is 2. The van der Waals surface area contributed by atoms with Gasteiger partial charge in [0.25, 0.3) is 0 Å². The molecule has 0 unspecified atom stereocenters. The maximum Gasteiger partial charge on any atom is 0.167 e. The molecule has 9 heteroatoms. The minimum absolute atomic E-state index is 0.0328. The highest BCUT2D eigenvalue weighted by Crippen LogP contribution is 2.31. The highest BCUT2D eigenvalue weighted by molar-refractivity contribution is 5.81. The molecule has 0 saturated carbocycles. The smallest absolute Gasteiger partial charge is 0.167 e. The quantitative estimate of drug-likeness (QED) is 0.591. The maximum absolute atomic E-state index is 10.1. The van der Waals surface area contributed by atoms with Crippen LogP contribution in [0.25, 0.3) is 11.2 Å². The largest absolute Gasteiger partial charge is 0.444 e. The van der Waals surface area contributed by atoms with Crippen molar-refractivity contribution in [3.05, 3.63) is 12.7 Å². The minimum Gasteiger partial charge on any atom is -0.444 e. The number of aromatic nitrogens is 4. The van der Waals surface area contributed by atoms with Crippen LogP contribution < -0.4 is 5.73 Å². The van der Waals surface area contributed by atoms with Crippen molar-refractivity contribution in [2.24, 2.45) is 0 Å². The molecule has 1 saturated heterocycles. The van der Waals surface area contributed by atoms with E-state index in [-0.39, 0.29) is 12.4 Å². The lowest BCUT2D eigenvalue weighted by Crippen LogP contribution is -2.33. The topological polar surface area (TPSA) is 129 Å². The Morgan fingerprint density at radius 1 is 1.38 bits per heavy atom. The van der Waals surface area contributed by atoms with Gasteiger partial charge in [0.15, 0.2) is 17.7 Å². The van der Waals surface area contributed by atoms with Gasteiger partial charge >= 0.3 is 0 Å². The molecule has 9 nitrogen and oxygen atoms in total. The molecule has 0 spiro atoms. The van der Waals surface area contributed by atoms with Crippen molar-refractivity contribution in [1.29, 1.82) is 0 Å². The van der Waals surface area contributed by atoms with Crippen molar-refractivity contribution in [2.75, 3.05) is 12.3 Å². The van der Waals surface area contributed by atoms with Crippen molar-refractivity contribution in [2.45, 2.75) is 24.5 Å². The van der Waals surface area contributed by atoms with Crippen LogP contribution in [0.1, 0.15) is 6.23 Å². The molecule has 3 rings (SSSR count). The Kier molecular flexibility index (Phi) is 3.34. The third kappa shape index (κ3) is 2.15. The van der Waals surface area contributed by atoms with Crippen LogP contribution in [0.4, 0.5) is 5.82 Å². The second kappa shape index (κ2) is 5.17. The molecule has 0 aliphatic carbocycles. The number of imidazole rings is 1. The Labute approximate surface area is 119 Å². The first-order chi connectivity index (χ1) is 10.1. The average Bonchev–Trinajstić information content (AvgIpc) is 3.02. The molecule has 0 radical (unpaired) electrons. The summed E-state index contributed by atoms with van der Waals surface area (Å²) in [6.07, 6.45) is 5.74. The highest BCUT2D eigenvalue weighted by atomic mass is 16.6. The number of terminal acetylenes is 1. The fourth-order valence-electron chi connectivity index (χ4n) is 2.28. The first kappa shape index (κ1) is 13.6. The molecule has 3 heterocycles. The van der Waals surface area contributed by atoms with Crippen LogP contribution in [-0.2, 0) is 9.47 Å². The number of hydrogen-bond acceptors (Lipinski definition) is 8. The van der Waals surface area contributed by atoms with Gasteiger partial charge in [-0.05, 0) is 0 Å². The molecular formula is C12H13N5O4. The van der Waals surface area contributed by atoms with E-state index >= 15 is 0 Å². The Hall–Kier alpha value is -2.41. The van der Waals surface area contributed by atoms with Gasteiger partial charge in [0.2, 0.25) is 0 Å². The lowest BCUT2D eigenvalue weighted by molar-refractivity contribution is -0.0509. The number of hydrogen-bond donors (Lipinski definition) is 3. The van der Waals surface area contributed by atoms with Gasteiger partial charge in [-0.2, -0.15) is 0 Å². The molecule has 0 aromatic carbocycles. The van der Waals surface area contributed by atoms with Crippen LogP contribution in [0.5, 0.6) is 0 Å². The van der Waals surface area contributed by atoms with E-state index in [1.807, 2.05) is 6.11 Å². The van der Waals surface area contributed by atoms with Gasteiger partial charge in [0.1, 0.15) is 42.9 Å². The summed E-state index contributed by atoms with van der Waals surface area (Å²) >= 11 is 0. The number of aliphatic hydroxyl groups is 2. The van der Waals surface area contributed by atoms with E-state index in [0.717, 1.165) is 0 Å². The molecule has 4 N–H and O–H groups in total. The molecule has 1 aliphatic rings. The fraction of sp³-hybridized carbons (Fsp3) is 0.417. The van der Waals surface area contributed by atoms with Crippen LogP contribution in [0.2, 0.25) is 0 Å². The van der Waals surface area contributed by atoms with Crippen molar-refractivity contribution in [1.82, 2.24) is 19.5 Å². The molecular weight excluding hydrogens is 278 g/mol. The Morgan fingerprint density at radius 2 is 2.19 bits per heavy atom. The van der Waals surface area contributed by atoms with Gasteiger partial charge in [-0.3, -0.25) is 4.57 Å². The SMILES string of the molecule is C#COC[C@H]1O[C@@H](n2cnc3c(N)ncnc32)[C@H](O)[C@@H]1O. The standard InChI is InChI=1S/C12H13N5O4/c1-2-20-3-6-8(18)9(19)12(21-6)17-5-16-7-10(13)14-4-15-11(7)17/h1,4-6,8-9,12,18-19H,3H2,(H2,13,14,15)/t6-,8-,9-,12-/m1/s1. The number of fused-ring (bicyclic) bond motifs is 1. The van der Waals surface area contributed by atoms with Gasteiger partial charge in [0, 0.05) is 0 Å². The van der Waals surface area contributed by atoms with Gasteiger partial charge in [-0.1, -0.05) is 6.42 Å². The van der Waals surface area contributed by atoms with E-state index in [1.54, 1.807) is 0 Å². The molecule has 2 aromatic rings. The monoisotopic (exact) mass is 291 g/mol. The Bertz CT molecular complexity index is 697. The highest BCUT2D eigenvalue weighted by Gasteiger charge is 2.44. The number of aliphatic hydroxyl groups excluding tert-OH is 2.